The Balaban J connectivity index is 3.09. The van der Waals surface area contributed by atoms with Crippen molar-refractivity contribution in [2.24, 2.45) is 0 Å². The maximum atomic E-state index is 9.08. The molecule has 0 aromatic heterocycles. The average molecular weight is 273 g/mol. The molecule has 2 N–H and O–H groups in total. The molecular weight excluding hydrogens is 238 g/mol. The van der Waals surface area contributed by atoms with Gasteiger partial charge in [-0.05, 0) is 13.0 Å². The second-order valence-corrected chi connectivity index (χ2v) is 5.47. The first kappa shape index (κ1) is 18.9. The van der Waals surface area contributed by atoms with Crippen LogP contribution in [0.4, 0.5) is 0 Å². The molecule has 0 bridgehead atoms. The summed E-state index contributed by atoms with van der Waals surface area (Å²) < 4.78 is 5.02. The number of hydrogen-bond acceptors (Lipinski definition) is 3. The van der Waals surface area contributed by atoms with Crippen molar-refractivity contribution in [2.45, 2.75) is 77.2 Å². The van der Waals surface area contributed by atoms with Gasteiger partial charge in [0.25, 0.3) is 0 Å². The predicted molar refractivity (Wildman–Crippen MR) is 82.6 cm³/mol. The lowest BCUT2D eigenvalue weighted by Crippen LogP contribution is -2.36. The van der Waals surface area contributed by atoms with E-state index in [2.05, 4.69) is 12.2 Å². The number of rotatable bonds is 15. The smallest absolute Gasteiger partial charge is 0.0638 e. The third-order valence-corrected chi connectivity index (χ3v) is 3.55. The summed E-state index contributed by atoms with van der Waals surface area (Å²) in [6.07, 6.45) is 13.6. The fourth-order valence-electron chi connectivity index (χ4n) is 2.30. The number of nitrogens with one attached hydrogen (secondary N) is 1. The molecule has 0 aromatic carbocycles. The maximum absolute atomic E-state index is 9.08. The summed E-state index contributed by atoms with van der Waals surface area (Å²) in [7, 11) is 1.67. The highest BCUT2D eigenvalue weighted by molar-refractivity contribution is 4.63. The van der Waals surface area contributed by atoms with E-state index in [4.69, 9.17) is 9.84 Å². The van der Waals surface area contributed by atoms with E-state index in [9.17, 15) is 0 Å². The summed E-state index contributed by atoms with van der Waals surface area (Å²) in [6, 6.07) is 0.101. The molecule has 0 aliphatic carbocycles. The molecule has 0 heterocycles. The number of hydrogen-bond donors (Lipinski definition) is 2. The highest BCUT2D eigenvalue weighted by atomic mass is 16.5. The van der Waals surface area contributed by atoms with Crippen molar-refractivity contribution in [1.29, 1.82) is 0 Å². The van der Waals surface area contributed by atoms with Crippen molar-refractivity contribution in [2.75, 3.05) is 26.9 Å². The third kappa shape index (κ3) is 14.1. The maximum Gasteiger partial charge on any atom is 0.0638 e. The van der Waals surface area contributed by atoms with Crippen LogP contribution >= 0.6 is 0 Å². The summed E-state index contributed by atoms with van der Waals surface area (Å²) in [5.41, 5.74) is 0. The second kappa shape index (κ2) is 15.9. The summed E-state index contributed by atoms with van der Waals surface area (Å²) >= 11 is 0. The summed E-state index contributed by atoms with van der Waals surface area (Å²) in [5.74, 6) is 0. The van der Waals surface area contributed by atoms with Crippen LogP contribution in [0.5, 0.6) is 0 Å². The lowest BCUT2D eigenvalue weighted by molar-refractivity contribution is 0.128. The normalized spacial score (nSPS) is 12.8. The van der Waals surface area contributed by atoms with E-state index in [-0.39, 0.29) is 12.6 Å². The number of aliphatic hydroxyl groups excluding tert-OH is 1. The first-order valence-electron chi connectivity index (χ1n) is 8.18. The highest BCUT2D eigenvalue weighted by Gasteiger charge is 2.04. The van der Waals surface area contributed by atoms with Gasteiger partial charge in [-0.1, -0.05) is 64.7 Å². The molecule has 0 amide bonds. The molecule has 19 heavy (non-hydrogen) atoms. The quantitative estimate of drug-likeness (QED) is 0.449. The molecule has 3 heteroatoms. The Labute approximate surface area is 120 Å². The molecule has 116 valence electrons. The standard InChI is InChI=1S/C16H35NO2/c1-3-4-5-6-7-8-9-10-11-12-13-17-16(14-18)15-19-2/h16-18H,3-15H2,1-2H3. The molecule has 0 aliphatic rings. The van der Waals surface area contributed by atoms with E-state index in [1.54, 1.807) is 7.11 Å². The van der Waals surface area contributed by atoms with Gasteiger partial charge in [-0.25, -0.2) is 0 Å². The first-order chi connectivity index (χ1) is 9.35. The highest BCUT2D eigenvalue weighted by Crippen LogP contribution is 2.10. The molecule has 0 fully saturated rings. The molecule has 0 saturated carbocycles. The predicted octanol–water partition coefficient (Wildman–Crippen LogP) is 3.50. The van der Waals surface area contributed by atoms with E-state index in [1.807, 2.05) is 0 Å². The minimum absolute atomic E-state index is 0.101. The van der Waals surface area contributed by atoms with Crippen LogP contribution in [0.15, 0.2) is 0 Å². The van der Waals surface area contributed by atoms with Gasteiger partial charge < -0.3 is 15.2 Å². The van der Waals surface area contributed by atoms with Crippen molar-refractivity contribution in [3.8, 4) is 0 Å². The fourth-order valence-corrected chi connectivity index (χ4v) is 2.30. The second-order valence-electron chi connectivity index (χ2n) is 5.47. The van der Waals surface area contributed by atoms with Crippen LogP contribution < -0.4 is 5.32 Å². The zero-order chi connectivity index (χ0) is 14.2. The van der Waals surface area contributed by atoms with Crippen LogP contribution in [0.25, 0.3) is 0 Å². The molecule has 0 saturated heterocycles. The Hall–Kier alpha value is -0.120. The zero-order valence-corrected chi connectivity index (χ0v) is 13.1. The van der Waals surface area contributed by atoms with Crippen LogP contribution in [-0.4, -0.2) is 38.0 Å². The SMILES string of the molecule is CCCCCCCCCCCCNC(CO)COC. The monoisotopic (exact) mass is 273 g/mol. The molecule has 0 aromatic rings. The van der Waals surface area contributed by atoms with E-state index in [1.165, 1.54) is 64.2 Å². The molecular formula is C16H35NO2. The van der Waals surface area contributed by atoms with Gasteiger partial charge in [-0.3, -0.25) is 0 Å². The van der Waals surface area contributed by atoms with Gasteiger partial charge >= 0.3 is 0 Å². The van der Waals surface area contributed by atoms with Gasteiger partial charge in [0, 0.05) is 7.11 Å². The summed E-state index contributed by atoms with van der Waals surface area (Å²) in [4.78, 5) is 0. The molecule has 0 aliphatic heterocycles. The van der Waals surface area contributed by atoms with Gasteiger partial charge in [0.2, 0.25) is 0 Å². The molecule has 1 unspecified atom stereocenters. The van der Waals surface area contributed by atoms with Gasteiger partial charge in [-0.2, -0.15) is 0 Å². The Morgan fingerprint density at radius 1 is 0.895 bits per heavy atom. The number of aliphatic hydroxyl groups is 1. The molecule has 0 rings (SSSR count). The number of methoxy groups -OCH3 is 1. The van der Waals surface area contributed by atoms with Gasteiger partial charge in [0.15, 0.2) is 0 Å². The van der Waals surface area contributed by atoms with Gasteiger partial charge in [0.05, 0.1) is 19.3 Å². The van der Waals surface area contributed by atoms with E-state index >= 15 is 0 Å². The Morgan fingerprint density at radius 2 is 1.42 bits per heavy atom. The Morgan fingerprint density at radius 3 is 1.89 bits per heavy atom. The van der Waals surface area contributed by atoms with Crippen LogP contribution in [0.1, 0.15) is 71.1 Å². The van der Waals surface area contributed by atoms with Crippen LogP contribution in [0, 0.1) is 0 Å². The zero-order valence-electron chi connectivity index (χ0n) is 13.1. The summed E-state index contributed by atoms with van der Waals surface area (Å²) in [5, 5.41) is 12.4. The van der Waals surface area contributed by atoms with Gasteiger partial charge in [0.1, 0.15) is 0 Å². The minimum atomic E-state index is 0.101. The largest absolute Gasteiger partial charge is 0.395 e. The lowest BCUT2D eigenvalue weighted by Gasteiger charge is -2.14. The molecule has 3 nitrogen and oxygen atoms in total. The van der Waals surface area contributed by atoms with E-state index in [0.29, 0.717) is 6.61 Å². The van der Waals surface area contributed by atoms with Crippen molar-refractivity contribution >= 4 is 0 Å². The van der Waals surface area contributed by atoms with Crippen LogP contribution in [-0.2, 0) is 4.74 Å². The van der Waals surface area contributed by atoms with Gasteiger partial charge in [-0.15, -0.1) is 0 Å². The lowest BCUT2D eigenvalue weighted by atomic mass is 10.1. The van der Waals surface area contributed by atoms with E-state index in [0.717, 1.165) is 6.54 Å². The van der Waals surface area contributed by atoms with Crippen molar-refractivity contribution < 1.29 is 9.84 Å². The number of unbranched alkanes of at least 4 members (excludes halogenated alkanes) is 9. The minimum Gasteiger partial charge on any atom is -0.395 e. The fraction of sp³-hybridized carbons (Fsp3) is 1.00. The summed E-state index contributed by atoms with van der Waals surface area (Å²) in [6.45, 7) is 4.01. The molecule has 0 radical (unpaired) electrons. The average Bonchev–Trinajstić information content (AvgIpc) is 2.43. The first-order valence-corrected chi connectivity index (χ1v) is 8.18. The van der Waals surface area contributed by atoms with Crippen molar-refractivity contribution in [3.63, 3.8) is 0 Å². The van der Waals surface area contributed by atoms with Crippen molar-refractivity contribution in [1.82, 2.24) is 5.32 Å². The topological polar surface area (TPSA) is 41.5 Å². The van der Waals surface area contributed by atoms with Crippen LogP contribution in [0.2, 0.25) is 0 Å². The van der Waals surface area contributed by atoms with Crippen LogP contribution in [0.3, 0.4) is 0 Å². The molecule has 0 spiro atoms. The number of ether oxygens (including phenoxy) is 1. The Kier molecular flexibility index (Phi) is 15.8. The van der Waals surface area contributed by atoms with Crippen molar-refractivity contribution in [3.05, 3.63) is 0 Å². The van der Waals surface area contributed by atoms with E-state index < -0.39 is 0 Å². The third-order valence-electron chi connectivity index (χ3n) is 3.55. The molecule has 1 atom stereocenters. The Bertz CT molecular complexity index is 165.